The van der Waals surface area contributed by atoms with Crippen molar-refractivity contribution in [2.45, 2.75) is 13.0 Å². The van der Waals surface area contributed by atoms with Gasteiger partial charge in [-0.1, -0.05) is 48.5 Å². The number of pyridine rings is 2. The summed E-state index contributed by atoms with van der Waals surface area (Å²) in [5, 5.41) is 7.04. The van der Waals surface area contributed by atoms with E-state index in [1.165, 1.54) is 12.1 Å². The second kappa shape index (κ2) is 11.8. The summed E-state index contributed by atoms with van der Waals surface area (Å²) in [4.78, 5) is 13.1. The molecule has 0 aliphatic heterocycles. The van der Waals surface area contributed by atoms with Gasteiger partial charge in [0, 0.05) is 38.1 Å². The van der Waals surface area contributed by atoms with E-state index in [4.69, 9.17) is 11.6 Å². The molecule has 2 N–H and O–H groups in total. The van der Waals surface area contributed by atoms with Crippen LogP contribution < -0.4 is 10.6 Å². The summed E-state index contributed by atoms with van der Waals surface area (Å²) in [6, 6.07) is 14.0. The molecule has 0 aliphatic rings. The molecule has 0 atom stereocenters. The molecule has 0 saturated carbocycles. The van der Waals surface area contributed by atoms with Crippen molar-refractivity contribution in [1.29, 1.82) is 0 Å². The van der Waals surface area contributed by atoms with E-state index in [1.807, 2.05) is 42.6 Å². The van der Waals surface area contributed by atoms with Gasteiger partial charge in [-0.3, -0.25) is 4.99 Å². The molecule has 0 bridgehead atoms. The maximum absolute atomic E-state index is 13.4. The van der Waals surface area contributed by atoms with Gasteiger partial charge in [-0.2, -0.15) is 0 Å². The minimum absolute atomic E-state index is 0.260. The van der Waals surface area contributed by atoms with Gasteiger partial charge in [0.25, 0.3) is 0 Å². The van der Waals surface area contributed by atoms with Crippen LogP contribution in [0.15, 0.2) is 84.0 Å². The standard InChI is InChI=1S/C25H25ClFN5/c1-3-6-18(15-28-2)11-12-29-25-14-21(22(26)17-31-25)23-9-5-10-24(32-23)30-16-19-7-4-8-20(27)13-19/h3-10,13-15,17H,1,11-12,16H2,2H3,(H,29,31)(H,30,32)/b18-6-,28-15?. The quantitative estimate of drug-likeness (QED) is 0.287. The molecule has 2 aromatic heterocycles. The number of halogens is 2. The summed E-state index contributed by atoms with van der Waals surface area (Å²) >= 11 is 6.41. The van der Waals surface area contributed by atoms with Crippen LogP contribution in [0.4, 0.5) is 16.0 Å². The number of nitrogens with zero attached hydrogens (tertiary/aromatic N) is 3. The Morgan fingerprint density at radius 3 is 2.78 bits per heavy atom. The van der Waals surface area contributed by atoms with Crippen molar-refractivity contribution in [3.05, 3.63) is 95.4 Å². The minimum atomic E-state index is -0.260. The lowest BCUT2D eigenvalue weighted by molar-refractivity contribution is 0.626. The van der Waals surface area contributed by atoms with E-state index in [-0.39, 0.29) is 5.82 Å². The zero-order valence-electron chi connectivity index (χ0n) is 17.9. The number of hydrogen-bond acceptors (Lipinski definition) is 5. The number of aliphatic imine (C=N–C) groups is 1. The molecule has 0 aliphatic carbocycles. The fourth-order valence-corrected chi connectivity index (χ4v) is 3.30. The number of anilines is 2. The second-order valence-corrected chi connectivity index (χ2v) is 7.39. The Hall–Kier alpha value is -3.51. The molecule has 32 heavy (non-hydrogen) atoms. The fourth-order valence-electron chi connectivity index (χ4n) is 3.10. The van der Waals surface area contributed by atoms with Gasteiger partial charge in [-0.25, -0.2) is 14.4 Å². The lowest BCUT2D eigenvalue weighted by Gasteiger charge is -2.11. The van der Waals surface area contributed by atoms with Crippen molar-refractivity contribution in [3.63, 3.8) is 0 Å². The Labute approximate surface area is 192 Å². The van der Waals surface area contributed by atoms with Gasteiger partial charge in [0.15, 0.2) is 0 Å². The van der Waals surface area contributed by atoms with Crippen LogP contribution in [-0.4, -0.2) is 29.8 Å². The first-order chi connectivity index (χ1) is 15.6. The molecular weight excluding hydrogens is 425 g/mol. The normalized spacial score (nSPS) is 11.5. The maximum atomic E-state index is 13.4. The van der Waals surface area contributed by atoms with Crippen LogP contribution in [0, 0.1) is 5.82 Å². The molecule has 3 rings (SSSR count). The lowest BCUT2D eigenvalue weighted by Crippen LogP contribution is -2.05. The zero-order valence-corrected chi connectivity index (χ0v) is 18.6. The van der Waals surface area contributed by atoms with E-state index in [0.29, 0.717) is 29.7 Å². The highest BCUT2D eigenvalue weighted by atomic mass is 35.5. The Morgan fingerprint density at radius 1 is 1.16 bits per heavy atom. The topological polar surface area (TPSA) is 62.2 Å². The molecule has 0 radical (unpaired) electrons. The molecule has 0 unspecified atom stereocenters. The van der Waals surface area contributed by atoms with Crippen LogP contribution in [0.5, 0.6) is 0 Å². The van der Waals surface area contributed by atoms with Crippen LogP contribution in [-0.2, 0) is 6.54 Å². The average Bonchev–Trinajstić information content (AvgIpc) is 2.79. The molecule has 5 nitrogen and oxygen atoms in total. The summed E-state index contributed by atoms with van der Waals surface area (Å²) in [6.07, 6.45) is 7.89. The Kier molecular flexibility index (Phi) is 8.52. The first-order valence-corrected chi connectivity index (χ1v) is 10.6. The molecule has 0 amide bonds. The summed E-state index contributed by atoms with van der Waals surface area (Å²) < 4.78 is 13.4. The van der Waals surface area contributed by atoms with Gasteiger partial charge < -0.3 is 10.6 Å². The zero-order chi connectivity index (χ0) is 22.8. The van der Waals surface area contributed by atoms with Crippen molar-refractivity contribution in [3.8, 4) is 11.3 Å². The molecule has 164 valence electrons. The van der Waals surface area contributed by atoms with Gasteiger partial charge in [-0.15, -0.1) is 0 Å². The average molecular weight is 450 g/mol. The molecule has 1 aromatic carbocycles. The highest BCUT2D eigenvalue weighted by Crippen LogP contribution is 2.28. The lowest BCUT2D eigenvalue weighted by atomic mass is 10.1. The summed E-state index contributed by atoms with van der Waals surface area (Å²) in [6.45, 7) is 4.88. The SMILES string of the molecule is C=C/C=C(\C=NC)CCNc1cc(-c2cccc(NCc3cccc(F)c3)n2)c(Cl)cn1. The second-order valence-electron chi connectivity index (χ2n) is 6.98. The molecule has 0 spiro atoms. The predicted molar refractivity (Wildman–Crippen MR) is 132 cm³/mol. The van der Waals surface area contributed by atoms with E-state index in [0.717, 1.165) is 28.8 Å². The predicted octanol–water partition coefficient (Wildman–Crippen LogP) is 6.16. The van der Waals surface area contributed by atoms with Gasteiger partial charge >= 0.3 is 0 Å². The smallest absolute Gasteiger partial charge is 0.126 e. The number of allylic oxidation sites excluding steroid dienone is 2. The Morgan fingerprint density at radius 2 is 2.00 bits per heavy atom. The monoisotopic (exact) mass is 449 g/mol. The fraction of sp³-hybridized carbons (Fsp3) is 0.160. The molecule has 3 aromatic rings. The van der Waals surface area contributed by atoms with Gasteiger partial charge in [0.05, 0.1) is 10.7 Å². The number of hydrogen-bond donors (Lipinski definition) is 2. The highest BCUT2D eigenvalue weighted by Gasteiger charge is 2.09. The summed E-state index contributed by atoms with van der Waals surface area (Å²) in [5.74, 6) is 1.12. The highest BCUT2D eigenvalue weighted by molar-refractivity contribution is 6.33. The minimum Gasteiger partial charge on any atom is -0.370 e. The van der Waals surface area contributed by atoms with Crippen LogP contribution in [0.3, 0.4) is 0 Å². The van der Waals surface area contributed by atoms with Crippen molar-refractivity contribution in [2.24, 2.45) is 4.99 Å². The van der Waals surface area contributed by atoms with Gasteiger partial charge in [0.1, 0.15) is 17.5 Å². The van der Waals surface area contributed by atoms with E-state index < -0.39 is 0 Å². The van der Waals surface area contributed by atoms with Crippen LogP contribution in [0.1, 0.15) is 12.0 Å². The first kappa shape index (κ1) is 23.2. The summed E-state index contributed by atoms with van der Waals surface area (Å²) in [7, 11) is 1.74. The van der Waals surface area contributed by atoms with Gasteiger partial charge in [0.2, 0.25) is 0 Å². The van der Waals surface area contributed by atoms with Crippen molar-refractivity contribution in [2.75, 3.05) is 24.2 Å². The molecule has 7 heteroatoms. The Balaban J connectivity index is 1.70. The third-order valence-corrected chi connectivity index (χ3v) is 4.89. The molecule has 0 fully saturated rings. The van der Waals surface area contributed by atoms with Gasteiger partial charge in [-0.05, 0) is 47.9 Å². The van der Waals surface area contributed by atoms with Crippen molar-refractivity contribution < 1.29 is 4.39 Å². The van der Waals surface area contributed by atoms with Crippen molar-refractivity contribution in [1.82, 2.24) is 9.97 Å². The maximum Gasteiger partial charge on any atom is 0.126 e. The van der Waals surface area contributed by atoms with E-state index >= 15 is 0 Å². The third-order valence-electron chi connectivity index (χ3n) is 4.59. The van der Waals surface area contributed by atoms with E-state index in [1.54, 1.807) is 25.4 Å². The van der Waals surface area contributed by atoms with Crippen LogP contribution >= 0.6 is 11.6 Å². The molecular formula is C25H25ClFN5. The third kappa shape index (κ3) is 6.75. The largest absolute Gasteiger partial charge is 0.370 e. The number of benzene rings is 1. The van der Waals surface area contributed by atoms with Crippen molar-refractivity contribution >= 4 is 29.5 Å². The molecule has 0 saturated heterocycles. The Bertz CT molecular complexity index is 1130. The van der Waals surface area contributed by atoms with E-state index in [2.05, 4.69) is 32.2 Å². The molecule has 2 heterocycles. The van der Waals surface area contributed by atoms with Crippen LogP contribution in [0.2, 0.25) is 5.02 Å². The number of rotatable bonds is 10. The number of aromatic nitrogens is 2. The van der Waals surface area contributed by atoms with Crippen LogP contribution in [0.25, 0.3) is 11.3 Å². The summed E-state index contributed by atoms with van der Waals surface area (Å²) in [5.41, 5.74) is 3.40. The number of nitrogens with one attached hydrogen (secondary N) is 2. The first-order valence-electron chi connectivity index (χ1n) is 10.2. The van der Waals surface area contributed by atoms with E-state index in [9.17, 15) is 4.39 Å².